The van der Waals surface area contributed by atoms with E-state index in [9.17, 15) is 14.0 Å². The van der Waals surface area contributed by atoms with Gasteiger partial charge in [-0.1, -0.05) is 6.07 Å². The second kappa shape index (κ2) is 6.89. The van der Waals surface area contributed by atoms with Gasteiger partial charge in [-0.15, -0.1) is 0 Å². The van der Waals surface area contributed by atoms with Gasteiger partial charge in [0, 0.05) is 0 Å². The number of hydrogen-bond donors (Lipinski definition) is 0. The fraction of sp³-hybridized carbons (Fsp3) is 0.267. The summed E-state index contributed by atoms with van der Waals surface area (Å²) in [6, 6.07) is 5.67. The number of rotatable bonds is 3. The topological polar surface area (TPSA) is 88.9 Å². The molecule has 0 radical (unpaired) electrons. The van der Waals surface area contributed by atoms with Crippen molar-refractivity contribution >= 4 is 17.6 Å². The van der Waals surface area contributed by atoms with Crippen molar-refractivity contribution in [2.24, 2.45) is 0 Å². The number of halogens is 1. The van der Waals surface area contributed by atoms with Gasteiger partial charge in [0.25, 0.3) is 0 Å². The van der Waals surface area contributed by atoms with Gasteiger partial charge in [0.2, 0.25) is 0 Å². The molecule has 0 unspecified atom stereocenters. The number of anilines is 1. The highest BCUT2D eigenvalue weighted by Gasteiger charge is 2.33. The summed E-state index contributed by atoms with van der Waals surface area (Å²) >= 11 is 0. The summed E-state index contributed by atoms with van der Waals surface area (Å²) in [5.74, 6) is -2.34. The molecule has 0 atom stereocenters. The fourth-order valence-corrected chi connectivity index (χ4v) is 2.18. The molecule has 0 fully saturated rings. The van der Waals surface area contributed by atoms with E-state index in [1.54, 1.807) is 6.07 Å². The molecule has 8 heteroatoms. The van der Waals surface area contributed by atoms with Gasteiger partial charge in [0.15, 0.2) is 0 Å². The third-order valence-corrected chi connectivity index (χ3v) is 3.23. The molecular formula is C15H13FN2O5. The summed E-state index contributed by atoms with van der Waals surface area (Å²) in [5.41, 5.74) is -0.399. The molecular weight excluding hydrogens is 307 g/mol. The minimum absolute atomic E-state index is 0.0706. The van der Waals surface area contributed by atoms with Crippen molar-refractivity contribution < 1.29 is 28.2 Å². The molecule has 1 aromatic rings. The van der Waals surface area contributed by atoms with Crippen molar-refractivity contribution in [1.82, 2.24) is 0 Å². The number of hydrogen-bond acceptors (Lipinski definition) is 7. The second-order valence-corrected chi connectivity index (χ2v) is 4.46. The van der Waals surface area contributed by atoms with E-state index < -0.39 is 17.8 Å². The Hall–Kier alpha value is -2.92. The van der Waals surface area contributed by atoms with E-state index in [-0.39, 0.29) is 35.9 Å². The second-order valence-electron chi connectivity index (χ2n) is 4.46. The van der Waals surface area contributed by atoms with Crippen LogP contribution in [0.25, 0.3) is 0 Å². The van der Waals surface area contributed by atoms with Crippen LogP contribution in [0, 0.1) is 17.1 Å². The lowest BCUT2D eigenvalue weighted by Gasteiger charge is -2.31. The summed E-state index contributed by atoms with van der Waals surface area (Å²) < 4.78 is 28.4. The molecule has 0 spiro atoms. The van der Waals surface area contributed by atoms with E-state index in [0.29, 0.717) is 0 Å². The normalized spacial score (nSPS) is 14.3. The maximum atomic E-state index is 13.8. The lowest BCUT2D eigenvalue weighted by atomic mass is 10.1. The van der Waals surface area contributed by atoms with Crippen molar-refractivity contribution in [2.75, 3.05) is 32.5 Å². The summed E-state index contributed by atoms with van der Waals surface area (Å²) in [6.45, 7) is -0.312. The number of carbonyl (C=O) groups is 2. The number of ether oxygens (including phenoxy) is 3. The summed E-state index contributed by atoms with van der Waals surface area (Å²) in [7, 11) is 2.31. The fourth-order valence-electron chi connectivity index (χ4n) is 2.18. The van der Waals surface area contributed by atoms with Crippen molar-refractivity contribution in [2.45, 2.75) is 0 Å². The predicted octanol–water partition coefficient (Wildman–Crippen LogP) is 1.09. The van der Waals surface area contributed by atoms with Gasteiger partial charge in [-0.25, -0.2) is 14.0 Å². The number of nitriles is 1. The Bertz CT molecular complexity index is 723. The van der Waals surface area contributed by atoms with Crippen molar-refractivity contribution in [3.63, 3.8) is 0 Å². The van der Waals surface area contributed by atoms with Crippen LogP contribution in [0.1, 0.15) is 5.56 Å². The molecule has 7 nitrogen and oxygen atoms in total. The van der Waals surface area contributed by atoms with Crippen LogP contribution in [0.15, 0.2) is 29.5 Å². The number of carbonyl (C=O) groups excluding carboxylic acids is 2. The Labute approximate surface area is 131 Å². The molecule has 0 saturated heterocycles. The van der Waals surface area contributed by atoms with Crippen LogP contribution in [-0.4, -0.2) is 39.5 Å². The van der Waals surface area contributed by atoms with Crippen LogP contribution in [0.2, 0.25) is 0 Å². The Morgan fingerprint density at radius 2 is 2.00 bits per heavy atom. The Morgan fingerprint density at radius 1 is 1.30 bits per heavy atom. The van der Waals surface area contributed by atoms with Crippen molar-refractivity contribution in [3.05, 3.63) is 40.8 Å². The standard InChI is InChI=1S/C15H13FN2O5/c1-21-14(19)10-7-23-8-18(13(10)15(20)22-2)12-5-3-4-11(16)9(12)6-17/h3-5H,7-8H2,1-2H3. The SMILES string of the molecule is COC(=O)C1=C(C(=O)OC)N(c2cccc(F)c2C#N)COC1. The van der Waals surface area contributed by atoms with Gasteiger partial charge in [0.1, 0.15) is 29.9 Å². The molecule has 0 saturated carbocycles. The van der Waals surface area contributed by atoms with Crippen LogP contribution in [0.3, 0.4) is 0 Å². The van der Waals surface area contributed by atoms with Crippen LogP contribution >= 0.6 is 0 Å². The first-order valence-electron chi connectivity index (χ1n) is 6.48. The van der Waals surface area contributed by atoms with E-state index in [1.165, 1.54) is 17.0 Å². The highest BCUT2D eigenvalue weighted by molar-refractivity contribution is 6.03. The van der Waals surface area contributed by atoms with Gasteiger partial charge in [-0.3, -0.25) is 0 Å². The van der Waals surface area contributed by atoms with Gasteiger partial charge in [-0.2, -0.15) is 5.26 Å². The average Bonchev–Trinajstić information content (AvgIpc) is 2.59. The van der Waals surface area contributed by atoms with Crippen LogP contribution in [0.5, 0.6) is 0 Å². The molecule has 2 rings (SSSR count). The zero-order valence-corrected chi connectivity index (χ0v) is 12.5. The number of methoxy groups -OCH3 is 2. The molecule has 0 bridgehead atoms. The Kier molecular flexibility index (Phi) is 4.93. The van der Waals surface area contributed by atoms with Gasteiger partial charge in [0.05, 0.1) is 32.1 Å². The molecule has 0 N–H and O–H groups in total. The lowest BCUT2D eigenvalue weighted by molar-refractivity contribution is -0.140. The zero-order chi connectivity index (χ0) is 17.0. The molecule has 1 aliphatic rings. The van der Waals surface area contributed by atoms with Gasteiger partial charge < -0.3 is 19.1 Å². The molecule has 1 aromatic carbocycles. The van der Waals surface area contributed by atoms with Crippen LogP contribution in [-0.2, 0) is 23.8 Å². The molecule has 23 heavy (non-hydrogen) atoms. The van der Waals surface area contributed by atoms with E-state index in [4.69, 9.17) is 14.7 Å². The highest BCUT2D eigenvalue weighted by atomic mass is 19.1. The molecule has 120 valence electrons. The van der Waals surface area contributed by atoms with E-state index in [0.717, 1.165) is 20.3 Å². The maximum absolute atomic E-state index is 13.8. The maximum Gasteiger partial charge on any atom is 0.355 e. The van der Waals surface area contributed by atoms with Gasteiger partial charge >= 0.3 is 11.9 Å². The smallest absolute Gasteiger partial charge is 0.355 e. The highest BCUT2D eigenvalue weighted by Crippen LogP contribution is 2.30. The minimum Gasteiger partial charge on any atom is -0.466 e. The Morgan fingerprint density at radius 3 is 2.61 bits per heavy atom. The monoisotopic (exact) mass is 320 g/mol. The van der Waals surface area contributed by atoms with E-state index in [2.05, 4.69) is 4.74 Å². The molecule has 1 aliphatic heterocycles. The first-order valence-corrected chi connectivity index (χ1v) is 6.48. The molecule has 0 aromatic heterocycles. The first-order chi connectivity index (χ1) is 11.0. The third-order valence-electron chi connectivity index (χ3n) is 3.23. The van der Waals surface area contributed by atoms with Crippen LogP contribution < -0.4 is 4.90 Å². The van der Waals surface area contributed by atoms with Crippen molar-refractivity contribution in [1.29, 1.82) is 5.26 Å². The summed E-state index contributed by atoms with van der Waals surface area (Å²) in [4.78, 5) is 25.2. The molecule has 1 heterocycles. The number of esters is 2. The average molecular weight is 320 g/mol. The van der Waals surface area contributed by atoms with E-state index in [1.807, 2.05) is 0 Å². The van der Waals surface area contributed by atoms with Crippen LogP contribution in [0.4, 0.5) is 10.1 Å². The number of benzene rings is 1. The van der Waals surface area contributed by atoms with E-state index >= 15 is 0 Å². The third kappa shape index (κ3) is 3.00. The summed E-state index contributed by atoms with van der Waals surface area (Å²) in [5, 5.41) is 9.15. The largest absolute Gasteiger partial charge is 0.466 e. The predicted molar refractivity (Wildman–Crippen MR) is 75.5 cm³/mol. The zero-order valence-electron chi connectivity index (χ0n) is 12.5. The molecule has 0 aliphatic carbocycles. The first kappa shape index (κ1) is 16.5. The number of nitrogens with zero attached hydrogens (tertiary/aromatic N) is 2. The summed E-state index contributed by atoms with van der Waals surface area (Å²) in [6.07, 6.45) is 0. The van der Waals surface area contributed by atoms with Gasteiger partial charge in [-0.05, 0) is 12.1 Å². The van der Waals surface area contributed by atoms with Crippen molar-refractivity contribution in [3.8, 4) is 6.07 Å². The lowest BCUT2D eigenvalue weighted by Crippen LogP contribution is -2.39. The minimum atomic E-state index is -0.818. The molecule has 0 amide bonds. The Balaban J connectivity index is 2.66. The quantitative estimate of drug-likeness (QED) is 0.770.